The first-order chi connectivity index (χ1) is 13.4. The highest BCUT2D eigenvalue weighted by Crippen LogP contribution is 2.66. The second kappa shape index (κ2) is 6.82. The Morgan fingerprint density at radius 2 is 1.79 bits per heavy atom. The van der Waals surface area contributed by atoms with Gasteiger partial charge in [-0.3, -0.25) is 5.41 Å². The van der Waals surface area contributed by atoms with Gasteiger partial charge in [0.05, 0.1) is 37.3 Å². The lowest BCUT2D eigenvalue weighted by atomic mass is 9.53. The molecule has 2 aliphatic rings. The van der Waals surface area contributed by atoms with Crippen LogP contribution in [0, 0.1) is 56.2 Å². The highest BCUT2D eigenvalue weighted by molar-refractivity contribution is 5.89. The fourth-order valence-electron chi connectivity index (χ4n) is 4.45. The Labute approximate surface area is 164 Å². The molecular weight excluding hydrogens is 356 g/mol. The molecule has 0 saturated carbocycles. The summed E-state index contributed by atoms with van der Waals surface area (Å²) in [5.74, 6) is -1.88. The molecule has 0 spiro atoms. The lowest BCUT2D eigenvalue weighted by Gasteiger charge is -2.48. The Hall–Kier alpha value is -3.08. The highest BCUT2D eigenvalue weighted by atomic mass is 16.7. The second-order valence-corrected chi connectivity index (χ2v) is 7.25. The summed E-state index contributed by atoms with van der Waals surface area (Å²) >= 11 is 0. The Balaban J connectivity index is 2.23. The summed E-state index contributed by atoms with van der Waals surface area (Å²) in [7, 11) is 1.56. The number of ether oxygens (including phenoxy) is 3. The number of nitrogens with zero attached hydrogens (tertiary/aromatic N) is 3. The molecule has 2 aliphatic heterocycles. The van der Waals surface area contributed by atoms with Gasteiger partial charge in [-0.15, -0.1) is 0 Å². The topological polar surface area (TPSA) is 123 Å². The van der Waals surface area contributed by atoms with E-state index in [0.29, 0.717) is 17.7 Å². The minimum atomic E-state index is -1.82. The van der Waals surface area contributed by atoms with E-state index in [1.165, 1.54) is 0 Å². The minimum Gasteiger partial charge on any atom is -0.497 e. The SMILES string of the molecule is CCCCC1OC2(c3ccc(OC)cc3)OC(=N)C(C#N)(C2C)C1(C#N)C#N. The standard InChI is InChI=1S/C21H22N4O3/c1-4-5-6-17-19(11-22,12-23)20(13-24)14(2)21(27-17,28-18(20)25)15-7-9-16(26-3)10-8-15/h7-10,14,17,25H,4-6H2,1-3H3. The number of benzene rings is 1. The Kier molecular flexibility index (Phi) is 4.79. The predicted octanol–water partition coefficient (Wildman–Crippen LogP) is 3.62. The summed E-state index contributed by atoms with van der Waals surface area (Å²) < 4.78 is 17.4. The first-order valence-corrected chi connectivity index (χ1v) is 9.26. The van der Waals surface area contributed by atoms with Crippen LogP contribution in [0.15, 0.2) is 24.3 Å². The van der Waals surface area contributed by atoms with E-state index in [9.17, 15) is 15.8 Å². The van der Waals surface area contributed by atoms with Gasteiger partial charge in [-0.2, -0.15) is 15.8 Å². The number of fused-ring (bicyclic) bond motifs is 2. The number of nitrogens with one attached hydrogen (secondary N) is 1. The van der Waals surface area contributed by atoms with Crippen molar-refractivity contribution in [2.24, 2.45) is 16.7 Å². The van der Waals surface area contributed by atoms with Crippen LogP contribution in [0.1, 0.15) is 38.7 Å². The molecular formula is C21H22N4O3. The summed E-state index contributed by atoms with van der Waals surface area (Å²) in [4.78, 5) is 0. The van der Waals surface area contributed by atoms with Crippen LogP contribution in [0.4, 0.5) is 0 Å². The van der Waals surface area contributed by atoms with E-state index in [4.69, 9.17) is 19.6 Å². The third kappa shape index (κ3) is 2.19. The monoisotopic (exact) mass is 378 g/mol. The fraction of sp³-hybridized carbons (Fsp3) is 0.524. The lowest BCUT2D eigenvalue weighted by Crippen LogP contribution is -2.60. The molecule has 0 amide bonds. The van der Waals surface area contributed by atoms with Crippen LogP contribution >= 0.6 is 0 Å². The maximum absolute atomic E-state index is 10.1. The zero-order valence-corrected chi connectivity index (χ0v) is 16.2. The van der Waals surface area contributed by atoms with Gasteiger partial charge < -0.3 is 14.2 Å². The van der Waals surface area contributed by atoms with Gasteiger partial charge in [-0.05, 0) is 30.7 Å². The summed E-state index contributed by atoms with van der Waals surface area (Å²) in [6, 6.07) is 13.2. The molecule has 3 rings (SSSR count). The van der Waals surface area contributed by atoms with Crippen molar-refractivity contribution in [1.82, 2.24) is 0 Å². The number of unbranched alkanes of at least 4 members (excludes halogenated alkanes) is 1. The summed E-state index contributed by atoms with van der Waals surface area (Å²) in [6.45, 7) is 3.70. The molecule has 4 atom stereocenters. The zero-order chi connectivity index (χ0) is 20.6. The Morgan fingerprint density at radius 3 is 2.29 bits per heavy atom. The summed E-state index contributed by atoms with van der Waals surface area (Å²) in [6.07, 6.45) is 1.12. The quantitative estimate of drug-likeness (QED) is 0.834. The van der Waals surface area contributed by atoms with Crippen molar-refractivity contribution in [3.63, 3.8) is 0 Å². The van der Waals surface area contributed by atoms with Crippen LogP contribution in [0.3, 0.4) is 0 Å². The largest absolute Gasteiger partial charge is 0.497 e. The van der Waals surface area contributed by atoms with E-state index in [0.717, 1.165) is 12.8 Å². The van der Waals surface area contributed by atoms with Crippen LogP contribution in [0.25, 0.3) is 0 Å². The van der Waals surface area contributed by atoms with Gasteiger partial charge in [0.25, 0.3) is 0 Å². The van der Waals surface area contributed by atoms with Gasteiger partial charge in [0.1, 0.15) is 5.75 Å². The Morgan fingerprint density at radius 1 is 1.14 bits per heavy atom. The van der Waals surface area contributed by atoms with Gasteiger partial charge in [0.15, 0.2) is 10.8 Å². The zero-order valence-electron chi connectivity index (χ0n) is 16.2. The molecule has 7 nitrogen and oxygen atoms in total. The van der Waals surface area contributed by atoms with Gasteiger partial charge in [0.2, 0.25) is 11.7 Å². The molecule has 4 unspecified atom stereocenters. The van der Waals surface area contributed by atoms with Crippen LogP contribution in [-0.2, 0) is 15.3 Å². The first kappa shape index (κ1) is 19.7. The van der Waals surface area contributed by atoms with Crippen LogP contribution in [0.5, 0.6) is 5.75 Å². The molecule has 0 aromatic heterocycles. The van der Waals surface area contributed by atoms with Crippen LogP contribution < -0.4 is 4.74 Å². The second-order valence-electron chi connectivity index (χ2n) is 7.25. The number of rotatable bonds is 5. The molecule has 2 bridgehead atoms. The summed E-state index contributed by atoms with van der Waals surface area (Å²) in [5.41, 5.74) is -2.92. The number of methoxy groups -OCH3 is 1. The number of hydrogen-bond donors (Lipinski definition) is 1. The van der Waals surface area contributed by atoms with Gasteiger partial charge in [-0.1, -0.05) is 26.7 Å². The molecule has 0 radical (unpaired) electrons. The normalized spacial score (nSPS) is 32.5. The van der Waals surface area contributed by atoms with Gasteiger partial charge >= 0.3 is 0 Å². The molecule has 1 aromatic carbocycles. The van der Waals surface area contributed by atoms with Gasteiger partial charge in [0, 0.05) is 5.56 Å². The van der Waals surface area contributed by atoms with Crippen molar-refractivity contribution in [2.45, 2.75) is 45.0 Å². The molecule has 28 heavy (non-hydrogen) atoms. The van der Waals surface area contributed by atoms with Gasteiger partial charge in [-0.25, -0.2) is 0 Å². The maximum Gasteiger partial charge on any atom is 0.243 e. The molecule has 2 saturated heterocycles. The van der Waals surface area contributed by atoms with E-state index >= 15 is 0 Å². The van der Waals surface area contributed by atoms with Crippen molar-refractivity contribution in [1.29, 1.82) is 21.2 Å². The Bertz CT molecular complexity index is 894. The molecule has 2 fully saturated rings. The lowest BCUT2D eigenvalue weighted by molar-refractivity contribution is -0.286. The van der Waals surface area contributed by atoms with Crippen LogP contribution in [0.2, 0.25) is 0 Å². The van der Waals surface area contributed by atoms with Crippen molar-refractivity contribution in [3.8, 4) is 24.0 Å². The third-order valence-corrected chi connectivity index (χ3v) is 6.10. The fourth-order valence-corrected chi connectivity index (χ4v) is 4.45. The number of nitriles is 3. The van der Waals surface area contributed by atoms with E-state index < -0.39 is 28.6 Å². The highest BCUT2D eigenvalue weighted by Gasteiger charge is 2.79. The number of hydrogen-bond acceptors (Lipinski definition) is 7. The minimum absolute atomic E-state index is 0.389. The molecule has 1 aromatic rings. The molecule has 0 aliphatic carbocycles. The maximum atomic E-state index is 10.1. The van der Waals surface area contributed by atoms with E-state index in [-0.39, 0.29) is 5.90 Å². The van der Waals surface area contributed by atoms with E-state index in [1.807, 2.05) is 19.1 Å². The average Bonchev–Trinajstić information content (AvgIpc) is 2.89. The predicted molar refractivity (Wildman–Crippen MR) is 98.8 cm³/mol. The van der Waals surface area contributed by atoms with E-state index in [1.54, 1.807) is 38.3 Å². The average molecular weight is 378 g/mol. The molecule has 2 heterocycles. The smallest absolute Gasteiger partial charge is 0.243 e. The first-order valence-electron chi connectivity index (χ1n) is 9.26. The molecule has 1 N–H and O–H groups in total. The summed E-state index contributed by atoms with van der Waals surface area (Å²) in [5, 5.41) is 38.7. The van der Waals surface area contributed by atoms with Crippen molar-refractivity contribution < 1.29 is 14.2 Å². The van der Waals surface area contributed by atoms with Crippen molar-refractivity contribution in [2.75, 3.05) is 7.11 Å². The van der Waals surface area contributed by atoms with Crippen molar-refractivity contribution >= 4 is 5.90 Å². The third-order valence-electron chi connectivity index (χ3n) is 6.10. The van der Waals surface area contributed by atoms with Crippen molar-refractivity contribution in [3.05, 3.63) is 29.8 Å². The molecule has 7 heteroatoms. The van der Waals surface area contributed by atoms with Crippen LogP contribution in [-0.4, -0.2) is 19.1 Å². The van der Waals surface area contributed by atoms with E-state index in [2.05, 4.69) is 6.07 Å². The molecule has 144 valence electrons.